The molecule has 0 unspecified atom stereocenters. The number of nitrogens with zero attached hydrogens (tertiary/aromatic N) is 6. The van der Waals surface area contributed by atoms with Crippen molar-refractivity contribution in [1.82, 2.24) is 29.2 Å². The molecule has 1 saturated carbocycles. The van der Waals surface area contributed by atoms with Crippen molar-refractivity contribution in [2.75, 3.05) is 39.5 Å². The summed E-state index contributed by atoms with van der Waals surface area (Å²) in [4.78, 5) is 27.1. The van der Waals surface area contributed by atoms with Crippen LogP contribution in [0.2, 0.25) is 0 Å². The maximum Gasteiger partial charge on any atom is 0.330 e. The number of rotatable bonds is 6. The van der Waals surface area contributed by atoms with Crippen LogP contribution in [0.3, 0.4) is 0 Å². The number of aromatic nitrogens is 5. The van der Waals surface area contributed by atoms with Gasteiger partial charge in [0.15, 0.2) is 17.0 Å². The van der Waals surface area contributed by atoms with E-state index in [1.807, 2.05) is 11.5 Å². The van der Waals surface area contributed by atoms with Gasteiger partial charge in [-0.15, -0.1) is 0 Å². The van der Waals surface area contributed by atoms with Gasteiger partial charge in [-0.3, -0.25) is 14.0 Å². The van der Waals surface area contributed by atoms with Crippen molar-refractivity contribution >= 4 is 11.2 Å². The number of fused-ring (bicyclic) bond motifs is 5. The Morgan fingerprint density at radius 1 is 0.957 bits per heavy atom. The lowest BCUT2D eigenvalue weighted by atomic mass is 9.61. The van der Waals surface area contributed by atoms with Gasteiger partial charge in [0.1, 0.15) is 6.10 Å². The van der Waals surface area contributed by atoms with Crippen LogP contribution in [0.5, 0.6) is 5.88 Å². The number of ether oxygens (including phenoxy) is 4. The molecule has 2 aliphatic carbocycles. The Hall–Kier alpha value is -2.80. The van der Waals surface area contributed by atoms with Crippen molar-refractivity contribution < 1.29 is 23.5 Å². The molecule has 3 aromatic heterocycles. The Morgan fingerprint density at radius 2 is 1.74 bits per heavy atom. The summed E-state index contributed by atoms with van der Waals surface area (Å²) in [5, 5.41) is 4.80. The van der Waals surface area contributed by atoms with Crippen molar-refractivity contribution in [3.05, 3.63) is 21.7 Å². The molecule has 0 bridgehead atoms. The van der Waals surface area contributed by atoms with Crippen molar-refractivity contribution in [1.29, 1.82) is 0 Å². The van der Waals surface area contributed by atoms with Crippen LogP contribution < -0.4 is 10.4 Å². The normalized spacial score (nSPS) is 29.1. The number of aryl methyl sites for hydroxylation is 1. The minimum absolute atomic E-state index is 0.0110. The first-order valence-corrected chi connectivity index (χ1v) is 18.3. The van der Waals surface area contributed by atoms with Crippen LogP contribution in [0.25, 0.3) is 22.7 Å². The number of hydrogen-bond acceptors (Lipinski definition) is 10. The van der Waals surface area contributed by atoms with Crippen LogP contribution >= 0.6 is 0 Å². The van der Waals surface area contributed by atoms with Crippen molar-refractivity contribution in [2.45, 2.75) is 133 Å². The second-order valence-corrected chi connectivity index (χ2v) is 14.8. The molecule has 3 aromatic rings. The van der Waals surface area contributed by atoms with Gasteiger partial charge in [-0.1, -0.05) is 11.6 Å². The maximum atomic E-state index is 14.1. The van der Waals surface area contributed by atoms with E-state index >= 15 is 0 Å². The summed E-state index contributed by atoms with van der Waals surface area (Å²) in [6.07, 6.45) is 13.0. The first-order valence-electron chi connectivity index (χ1n) is 18.3. The van der Waals surface area contributed by atoms with Crippen molar-refractivity contribution in [2.24, 2.45) is 0 Å². The fourth-order valence-electron chi connectivity index (χ4n) is 10.5. The molecule has 5 fully saturated rings. The fraction of sp³-hybridized carbons (Fsp3) is 0.771. The molecule has 2 spiro atoms. The zero-order valence-corrected chi connectivity index (χ0v) is 27.9. The maximum absolute atomic E-state index is 14.1. The minimum atomic E-state index is -0.656. The summed E-state index contributed by atoms with van der Waals surface area (Å²) in [5.74, 6) is 0.792. The largest absolute Gasteiger partial charge is 0.471 e. The molecule has 3 atom stereocenters. The summed E-state index contributed by atoms with van der Waals surface area (Å²) in [5.41, 5.74) is 2.76. The molecule has 7 heterocycles. The lowest BCUT2D eigenvalue weighted by molar-refractivity contribution is -0.231. The van der Waals surface area contributed by atoms with Crippen LogP contribution in [0, 0.1) is 0 Å². The molecule has 9 rings (SSSR count). The molecule has 0 aromatic carbocycles. The van der Waals surface area contributed by atoms with Crippen molar-refractivity contribution in [3.8, 4) is 17.5 Å². The molecule has 47 heavy (non-hydrogen) atoms. The zero-order valence-electron chi connectivity index (χ0n) is 27.9. The van der Waals surface area contributed by atoms with Crippen LogP contribution in [0.1, 0.15) is 108 Å². The highest BCUT2D eigenvalue weighted by molar-refractivity contribution is 5.80. The highest BCUT2D eigenvalue weighted by atomic mass is 16.7. The molecule has 12 heteroatoms. The van der Waals surface area contributed by atoms with Gasteiger partial charge in [-0.25, -0.2) is 9.78 Å². The predicted molar refractivity (Wildman–Crippen MR) is 173 cm³/mol. The zero-order chi connectivity index (χ0) is 31.8. The van der Waals surface area contributed by atoms with E-state index in [0.29, 0.717) is 61.6 Å². The van der Waals surface area contributed by atoms with E-state index in [9.17, 15) is 4.79 Å². The van der Waals surface area contributed by atoms with Gasteiger partial charge in [0.2, 0.25) is 17.5 Å². The van der Waals surface area contributed by atoms with E-state index in [2.05, 4.69) is 11.8 Å². The Labute approximate surface area is 275 Å². The molecule has 12 nitrogen and oxygen atoms in total. The Morgan fingerprint density at radius 3 is 2.51 bits per heavy atom. The summed E-state index contributed by atoms with van der Waals surface area (Å²) in [7, 11) is 0. The molecule has 0 N–H and O–H groups in total. The van der Waals surface area contributed by atoms with Gasteiger partial charge < -0.3 is 23.5 Å². The van der Waals surface area contributed by atoms with E-state index in [0.717, 1.165) is 95.0 Å². The fourth-order valence-corrected chi connectivity index (χ4v) is 10.5. The van der Waals surface area contributed by atoms with Crippen LogP contribution in [0.15, 0.2) is 9.32 Å². The molecular formula is C35H48N6O6. The van der Waals surface area contributed by atoms with Gasteiger partial charge in [0, 0.05) is 25.1 Å². The lowest BCUT2D eigenvalue weighted by Crippen LogP contribution is -2.56. The third kappa shape index (κ3) is 4.33. The molecule has 254 valence electrons. The van der Waals surface area contributed by atoms with Crippen LogP contribution in [-0.2, 0) is 32.6 Å². The van der Waals surface area contributed by atoms with E-state index in [4.69, 9.17) is 38.6 Å². The standard InChI is InChI=1S/C35H48N6O6/c1-3-40-26-30(41(32(40)42)24-10-7-19-43-22-24)36-29(37-31(26)46-23(2)34-14-8-17-39(34)18-9-15-34)27-25-11-6-13-33(28(25)38-47-27)12-4-5-16-35(33)44-20-21-45-35/h23-24H,3-22H2,1-2H3/t23-,24+,33-/m0/s1. The Balaban J connectivity index is 1.21. The van der Waals surface area contributed by atoms with E-state index in [1.54, 1.807) is 4.57 Å². The third-order valence-electron chi connectivity index (χ3n) is 12.7. The molecule has 0 amide bonds. The van der Waals surface area contributed by atoms with Gasteiger partial charge in [-0.05, 0) is 97.6 Å². The first kappa shape index (κ1) is 30.3. The summed E-state index contributed by atoms with van der Waals surface area (Å²) in [6, 6.07) is -0.107. The lowest BCUT2D eigenvalue weighted by Gasteiger charge is -2.50. The number of hydrogen-bond donors (Lipinski definition) is 0. The Bertz CT molecular complexity index is 1710. The molecule has 6 aliphatic rings. The van der Waals surface area contributed by atoms with Gasteiger partial charge in [0.25, 0.3) is 0 Å². The quantitative estimate of drug-likeness (QED) is 0.365. The van der Waals surface area contributed by atoms with E-state index in [-0.39, 0.29) is 28.8 Å². The monoisotopic (exact) mass is 648 g/mol. The van der Waals surface area contributed by atoms with E-state index < -0.39 is 5.79 Å². The predicted octanol–water partition coefficient (Wildman–Crippen LogP) is 4.91. The summed E-state index contributed by atoms with van der Waals surface area (Å²) in [6.45, 7) is 9.29. The highest BCUT2D eigenvalue weighted by Crippen LogP contribution is 2.57. The van der Waals surface area contributed by atoms with Crippen molar-refractivity contribution in [3.63, 3.8) is 0 Å². The average Bonchev–Trinajstić information content (AvgIpc) is 3.91. The minimum Gasteiger partial charge on any atom is -0.471 e. The SMILES string of the molecule is CCn1c(=O)n([C@@H]2CCCOC2)c2nc(-c3onc4c3CCC[C@@]43CCCCC34OCCO4)nc(O[C@@H](C)C34CCCN3CCC4)c21. The third-order valence-corrected chi connectivity index (χ3v) is 12.7. The van der Waals surface area contributed by atoms with Gasteiger partial charge >= 0.3 is 5.69 Å². The first-order chi connectivity index (χ1) is 23.0. The second kappa shape index (κ2) is 11.4. The van der Waals surface area contributed by atoms with Gasteiger partial charge in [0.05, 0.1) is 42.5 Å². The summed E-state index contributed by atoms with van der Waals surface area (Å²) >= 11 is 0. The summed E-state index contributed by atoms with van der Waals surface area (Å²) < 4.78 is 35.7. The van der Waals surface area contributed by atoms with Crippen LogP contribution in [-0.4, -0.2) is 86.1 Å². The molecule has 4 saturated heterocycles. The number of imidazole rings is 1. The Kier molecular flexibility index (Phi) is 7.33. The molecular weight excluding hydrogens is 600 g/mol. The molecule has 4 aliphatic heterocycles. The topological polar surface area (TPSA) is 119 Å². The smallest absolute Gasteiger partial charge is 0.330 e. The van der Waals surface area contributed by atoms with Crippen LogP contribution in [0.4, 0.5) is 0 Å². The van der Waals surface area contributed by atoms with Gasteiger partial charge in [-0.2, -0.15) is 4.98 Å². The van der Waals surface area contributed by atoms with E-state index in [1.165, 1.54) is 12.8 Å². The molecule has 0 radical (unpaired) electrons. The average molecular weight is 649 g/mol. The highest BCUT2D eigenvalue weighted by Gasteiger charge is 2.61. The second-order valence-electron chi connectivity index (χ2n) is 14.8.